The molecule has 4 heteroatoms. The number of nitrogens with one attached hydrogen (secondary N) is 1. The molecule has 4 rings (SSSR count). The van der Waals surface area contributed by atoms with Gasteiger partial charge in [0.05, 0.1) is 0 Å². The molecular formula is C19H24N4. The van der Waals surface area contributed by atoms with E-state index in [4.69, 9.17) is 9.97 Å². The van der Waals surface area contributed by atoms with Gasteiger partial charge in [-0.05, 0) is 38.7 Å². The number of aromatic nitrogens is 2. The first-order valence-corrected chi connectivity index (χ1v) is 8.74. The standard InChI is InChI=1S/C19H24N4/c1-14-5-4-6-15(13-14)18-21-17-8-3-2-7-16(17)19(22-18)23-11-9-20-10-12-23/h4-6,13,20H,2-3,7-12H2,1H3. The molecule has 23 heavy (non-hydrogen) atoms. The van der Waals surface area contributed by atoms with Crippen molar-refractivity contribution in [2.45, 2.75) is 32.6 Å². The summed E-state index contributed by atoms with van der Waals surface area (Å²) in [5, 5.41) is 3.43. The lowest BCUT2D eigenvalue weighted by Crippen LogP contribution is -2.44. The Hall–Kier alpha value is -1.94. The molecule has 1 N–H and O–H groups in total. The van der Waals surface area contributed by atoms with E-state index in [9.17, 15) is 0 Å². The van der Waals surface area contributed by atoms with E-state index in [0.29, 0.717) is 0 Å². The first-order valence-electron chi connectivity index (χ1n) is 8.74. The van der Waals surface area contributed by atoms with Crippen LogP contribution in [-0.4, -0.2) is 36.1 Å². The van der Waals surface area contributed by atoms with Crippen LogP contribution in [-0.2, 0) is 12.8 Å². The Kier molecular flexibility index (Phi) is 4.00. The average Bonchev–Trinajstić information content (AvgIpc) is 2.61. The predicted octanol–water partition coefficient (Wildman–Crippen LogP) is 2.74. The highest BCUT2D eigenvalue weighted by Crippen LogP contribution is 2.31. The fourth-order valence-corrected chi connectivity index (χ4v) is 3.63. The van der Waals surface area contributed by atoms with Crippen LogP contribution in [0.4, 0.5) is 5.82 Å². The molecule has 4 nitrogen and oxygen atoms in total. The van der Waals surface area contributed by atoms with Crippen LogP contribution in [0.5, 0.6) is 0 Å². The quantitative estimate of drug-likeness (QED) is 0.926. The third kappa shape index (κ3) is 2.95. The lowest BCUT2D eigenvalue weighted by molar-refractivity contribution is 0.577. The Morgan fingerprint density at radius 2 is 1.87 bits per heavy atom. The number of hydrogen-bond donors (Lipinski definition) is 1. The van der Waals surface area contributed by atoms with Crippen molar-refractivity contribution in [1.29, 1.82) is 0 Å². The van der Waals surface area contributed by atoms with Crippen molar-refractivity contribution in [3.05, 3.63) is 41.1 Å². The minimum atomic E-state index is 0.892. The summed E-state index contributed by atoms with van der Waals surface area (Å²) in [5.74, 6) is 2.08. The highest BCUT2D eigenvalue weighted by atomic mass is 15.2. The van der Waals surface area contributed by atoms with Crippen LogP contribution in [0.1, 0.15) is 29.7 Å². The first kappa shape index (κ1) is 14.6. The first-order chi connectivity index (χ1) is 11.3. The zero-order valence-electron chi connectivity index (χ0n) is 13.8. The summed E-state index contributed by atoms with van der Waals surface area (Å²) in [6.45, 7) is 6.28. The molecule has 0 radical (unpaired) electrons. The van der Waals surface area contributed by atoms with E-state index in [1.54, 1.807) is 0 Å². The molecule has 1 saturated heterocycles. The summed E-state index contributed by atoms with van der Waals surface area (Å²) in [5.41, 5.74) is 5.06. The van der Waals surface area contributed by atoms with Crippen LogP contribution in [0.15, 0.2) is 24.3 Å². The SMILES string of the molecule is Cc1cccc(-c2nc3c(c(N4CCNCC4)n2)CCCC3)c1. The highest BCUT2D eigenvalue weighted by molar-refractivity contribution is 5.62. The van der Waals surface area contributed by atoms with E-state index >= 15 is 0 Å². The maximum absolute atomic E-state index is 5.01. The number of rotatable bonds is 2. The molecule has 1 aliphatic carbocycles. The summed E-state index contributed by atoms with van der Waals surface area (Å²) < 4.78 is 0. The Balaban J connectivity index is 1.81. The number of nitrogens with zero attached hydrogens (tertiary/aromatic N) is 3. The number of aryl methyl sites for hydroxylation is 2. The van der Waals surface area contributed by atoms with Crippen molar-refractivity contribution in [3.63, 3.8) is 0 Å². The van der Waals surface area contributed by atoms with E-state index < -0.39 is 0 Å². The van der Waals surface area contributed by atoms with Crippen LogP contribution >= 0.6 is 0 Å². The van der Waals surface area contributed by atoms with Gasteiger partial charge in [0.2, 0.25) is 0 Å². The van der Waals surface area contributed by atoms with Gasteiger partial charge in [-0.3, -0.25) is 0 Å². The van der Waals surface area contributed by atoms with E-state index in [-0.39, 0.29) is 0 Å². The van der Waals surface area contributed by atoms with Crippen molar-refractivity contribution in [3.8, 4) is 11.4 Å². The van der Waals surface area contributed by atoms with Crippen LogP contribution < -0.4 is 10.2 Å². The number of fused-ring (bicyclic) bond motifs is 1. The van der Waals surface area contributed by atoms with E-state index in [2.05, 4.69) is 41.4 Å². The molecule has 1 aromatic carbocycles. The number of benzene rings is 1. The smallest absolute Gasteiger partial charge is 0.161 e. The van der Waals surface area contributed by atoms with Gasteiger partial charge in [-0.1, -0.05) is 23.8 Å². The van der Waals surface area contributed by atoms with Crippen molar-refractivity contribution < 1.29 is 0 Å². The Bertz CT molecular complexity index is 705. The molecule has 0 amide bonds. The zero-order chi connectivity index (χ0) is 15.6. The molecule has 1 aliphatic heterocycles. The molecule has 0 unspecified atom stereocenters. The van der Waals surface area contributed by atoms with E-state index in [1.165, 1.54) is 35.5 Å². The zero-order valence-corrected chi connectivity index (χ0v) is 13.8. The van der Waals surface area contributed by atoms with Crippen LogP contribution in [0.2, 0.25) is 0 Å². The summed E-state index contributed by atoms with van der Waals surface area (Å²) in [4.78, 5) is 12.4. The Morgan fingerprint density at radius 1 is 1.04 bits per heavy atom. The minimum Gasteiger partial charge on any atom is -0.354 e. The molecule has 2 heterocycles. The lowest BCUT2D eigenvalue weighted by Gasteiger charge is -2.32. The maximum atomic E-state index is 5.01. The number of piperazine rings is 1. The van der Waals surface area contributed by atoms with Crippen LogP contribution in [0.3, 0.4) is 0 Å². The van der Waals surface area contributed by atoms with Crippen molar-refractivity contribution in [1.82, 2.24) is 15.3 Å². The van der Waals surface area contributed by atoms with Gasteiger partial charge >= 0.3 is 0 Å². The monoisotopic (exact) mass is 308 g/mol. The number of anilines is 1. The summed E-state index contributed by atoms with van der Waals surface area (Å²) in [6.07, 6.45) is 4.73. The molecule has 120 valence electrons. The predicted molar refractivity (Wildman–Crippen MR) is 93.9 cm³/mol. The van der Waals surface area contributed by atoms with Crippen LogP contribution in [0, 0.1) is 6.92 Å². The third-order valence-electron chi connectivity index (χ3n) is 4.85. The van der Waals surface area contributed by atoms with Gasteiger partial charge in [-0.15, -0.1) is 0 Å². The fourth-order valence-electron chi connectivity index (χ4n) is 3.63. The lowest BCUT2D eigenvalue weighted by atomic mass is 9.95. The minimum absolute atomic E-state index is 0.892. The molecule has 2 aromatic rings. The molecule has 0 saturated carbocycles. The van der Waals surface area contributed by atoms with Gasteiger partial charge in [0, 0.05) is 43.0 Å². The third-order valence-corrected chi connectivity index (χ3v) is 4.85. The molecule has 0 atom stereocenters. The van der Waals surface area contributed by atoms with Crippen molar-refractivity contribution in [2.75, 3.05) is 31.1 Å². The second-order valence-corrected chi connectivity index (χ2v) is 6.61. The second kappa shape index (κ2) is 6.28. The Morgan fingerprint density at radius 3 is 2.70 bits per heavy atom. The normalized spacial score (nSPS) is 17.9. The maximum Gasteiger partial charge on any atom is 0.161 e. The molecule has 1 fully saturated rings. The van der Waals surface area contributed by atoms with Crippen molar-refractivity contribution >= 4 is 5.82 Å². The average molecular weight is 308 g/mol. The van der Waals surface area contributed by atoms with Gasteiger partial charge < -0.3 is 10.2 Å². The van der Waals surface area contributed by atoms with Gasteiger partial charge in [0.15, 0.2) is 5.82 Å². The Labute approximate surface area is 138 Å². The molecule has 1 aromatic heterocycles. The largest absolute Gasteiger partial charge is 0.354 e. The second-order valence-electron chi connectivity index (χ2n) is 6.61. The van der Waals surface area contributed by atoms with Gasteiger partial charge in [0.25, 0.3) is 0 Å². The highest BCUT2D eigenvalue weighted by Gasteiger charge is 2.23. The summed E-state index contributed by atoms with van der Waals surface area (Å²) >= 11 is 0. The summed E-state index contributed by atoms with van der Waals surface area (Å²) in [7, 11) is 0. The molecule has 2 aliphatic rings. The van der Waals surface area contributed by atoms with Gasteiger partial charge in [-0.2, -0.15) is 0 Å². The van der Waals surface area contributed by atoms with Gasteiger partial charge in [-0.25, -0.2) is 9.97 Å². The fraction of sp³-hybridized carbons (Fsp3) is 0.474. The molecular weight excluding hydrogens is 284 g/mol. The van der Waals surface area contributed by atoms with Crippen molar-refractivity contribution in [2.24, 2.45) is 0 Å². The van der Waals surface area contributed by atoms with E-state index in [0.717, 1.165) is 50.4 Å². The van der Waals surface area contributed by atoms with Crippen LogP contribution in [0.25, 0.3) is 11.4 Å². The molecule has 0 bridgehead atoms. The van der Waals surface area contributed by atoms with E-state index in [1.807, 2.05) is 0 Å². The number of hydrogen-bond acceptors (Lipinski definition) is 4. The topological polar surface area (TPSA) is 41.1 Å². The van der Waals surface area contributed by atoms with Gasteiger partial charge in [0.1, 0.15) is 5.82 Å². The summed E-state index contributed by atoms with van der Waals surface area (Å²) in [6, 6.07) is 8.53. The molecule has 0 spiro atoms.